The first-order chi connectivity index (χ1) is 13.3. The van der Waals surface area contributed by atoms with Crippen molar-refractivity contribution in [1.29, 1.82) is 0 Å². The van der Waals surface area contributed by atoms with Crippen LogP contribution < -0.4 is 10.6 Å². The van der Waals surface area contributed by atoms with Gasteiger partial charge in [-0.05, 0) is 58.6 Å². The van der Waals surface area contributed by atoms with Gasteiger partial charge in [0.25, 0.3) is 0 Å². The molecule has 0 bridgehead atoms. The molecule has 1 aromatic heterocycles. The number of guanidine groups is 1. The van der Waals surface area contributed by atoms with E-state index in [9.17, 15) is 4.79 Å². The second-order valence-corrected chi connectivity index (χ2v) is 8.22. The van der Waals surface area contributed by atoms with Crippen LogP contribution in [0.25, 0.3) is 0 Å². The second kappa shape index (κ2) is 12.4. The number of carbonyl (C=O) groups excluding carboxylic acids is 1. The summed E-state index contributed by atoms with van der Waals surface area (Å²) >= 11 is 5.81. The summed E-state index contributed by atoms with van der Waals surface area (Å²) in [5, 5.41) is 7.02. The van der Waals surface area contributed by atoms with Gasteiger partial charge in [-0.1, -0.05) is 17.7 Å². The molecular formula is C20H33ClIN5O2. The highest BCUT2D eigenvalue weighted by molar-refractivity contribution is 14.0. The van der Waals surface area contributed by atoms with Crippen LogP contribution in [-0.4, -0.2) is 59.8 Å². The van der Waals surface area contributed by atoms with Crippen molar-refractivity contribution in [2.45, 2.75) is 58.6 Å². The van der Waals surface area contributed by atoms with E-state index in [-0.39, 0.29) is 30.1 Å². The number of carbonyl (C=O) groups is 1. The lowest BCUT2D eigenvalue weighted by molar-refractivity contribution is 0.0238. The lowest BCUT2D eigenvalue weighted by Gasteiger charge is -2.27. The average Bonchev–Trinajstić information content (AvgIpc) is 3.43. The van der Waals surface area contributed by atoms with Crippen LogP contribution in [0, 0.1) is 0 Å². The van der Waals surface area contributed by atoms with Crippen LogP contribution in [0.5, 0.6) is 0 Å². The molecule has 0 atom stereocenters. The fourth-order valence-corrected chi connectivity index (χ4v) is 2.73. The Balaban J connectivity index is 0.00000420. The molecule has 9 heteroatoms. The SMILES string of the molecule is CCNC(=NCCc1ccc(Cl)nc1)NCCN(C(=O)OC(C)(C)C)C1CC1.I. The Morgan fingerprint density at radius 1 is 1.34 bits per heavy atom. The molecule has 1 saturated carbocycles. The molecule has 1 aliphatic rings. The van der Waals surface area contributed by atoms with Crippen molar-refractivity contribution < 1.29 is 9.53 Å². The number of aliphatic imine (C=N–C) groups is 1. The van der Waals surface area contributed by atoms with Crippen molar-refractivity contribution >= 4 is 47.6 Å². The van der Waals surface area contributed by atoms with Crippen LogP contribution in [0.4, 0.5) is 4.79 Å². The van der Waals surface area contributed by atoms with Crippen LogP contribution in [0.2, 0.25) is 5.15 Å². The molecule has 1 aliphatic carbocycles. The molecule has 0 aromatic carbocycles. The number of aromatic nitrogens is 1. The van der Waals surface area contributed by atoms with Crippen molar-refractivity contribution in [3.8, 4) is 0 Å². The van der Waals surface area contributed by atoms with Crippen molar-refractivity contribution in [2.75, 3.05) is 26.2 Å². The zero-order valence-corrected chi connectivity index (χ0v) is 20.8. The molecular weight excluding hydrogens is 505 g/mol. The van der Waals surface area contributed by atoms with Crippen LogP contribution in [0.15, 0.2) is 23.3 Å². The minimum absolute atomic E-state index is 0. The van der Waals surface area contributed by atoms with Crippen LogP contribution in [-0.2, 0) is 11.2 Å². The Morgan fingerprint density at radius 2 is 2.07 bits per heavy atom. The number of amides is 1. The number of ether oxygens (including phenoxy) is 1. The summed E-state index contributed by atoms with van der Waals surface area (Å²) in [6.07, 6.45) is 4.40. The minimum Gasteiger partial charge on any atom is -0.444 e. The van der Waals surface area contributed by atoms with Gasteiger partial charge < -0.3 is 20.3 Å². The molecule has 1 heterocycles. The number of halogens is 2. The van der Waals surface area contributed by atoms with Crippen molar-refractivity contribution in [1.82, 2.24) is 20.5 Å². The van der Waals surface area contributed by atoms with Gasteiger partial charge in [0.05, 0.1) is 0 Å². The molecule has 0 saturated heterocycles. The maximum atomic E-state index is 12.4. The fraction of sp³-hybridized carbons (Fsp3) is 0.650. The lowest BCUT2D eigenvalue weighted by atomic mass is 10.2. The molecule has 0 unspecified atom stereocenters. The first kappa shape index (κ1) is 25.7. The van der Waals surface area contributed by atoms with Crippen molar-refractivity contribution in [2.24, 2.45) is 4.99 Å². The second-order valence-electron chi connectivity index (χ2n) is 7.83. The smallest absolute Gasteiger partial charge is 0.410 e. The standard InChI is InChI=1S/C20H32ClN5O2.HI/c1-5-22-18(23-11-10-15-6-9-17(21)25-14-15)24-12-13-26(16-7-8-16)19(27)28-20(2,3)4;/h6,9,14,16H,5,7-8,10-13H2,1-4H3,(H2,22,23,24);1H. The molecule has 1 aromatic rings. The van der Waals surface area contributed by atoms with E-state index >= 15 is 0 Å². The van der Waals surface area contributed by atoms with E-state index in [0.717, 1.165) is 37.3 Å². The van der Waals surface area contributed by atoms with E-state index in [0.29, 0.717) is 30.8 Å². The molecule has 2 N–H and O–H groups in total. The van der Waals surface area contributed by atoms with Gasteiger partial charge in [-0.3, -0.25) is 4.99 Å². The molecule has 2 rings (SSSR count). The number of hydrogen-bond donors (Lipinski definition) is 2. The highest BCUT2D eigenvalue weighted by Gasteiger charge is 2.34. The minimum atomic E-state index is -0.482. The summed E-state index contributed by atoms with van der Waals surface area (Å²) in [4.78, 5) is 22.9. The summed E-state index contributed by atoms with van der Waals surface area (Å²) in [5.41, 5.74) is 0.610. The Morgan fingerprint density at radius 3 is 2.62 bits per heavy atom. The highest BCUT2D eigenvalue weighted by atomic mass is 127. The molecule has 0 spiro atoms. The molecule has 7 nitrogen and oxygen atoms in total. The van der Waals surface area contributed by atoms with Gasteiger partial charge in [-0.25, -0.2) is 9.78 Å². The topological polar surface area (TPSA) is 78.9 Å². The number of nitrogens with one attached hydrogen (secondary N) is 2. The Labute approximate surface area is 196 Å². The first-order valence-corrected chi connectivity index (χ1v) is 10.3. The van der Waals surface area contributed by atoms with E-state index in [1.54, 1.807) is 12.3 Å². The van der Waals surface area contributed by atoms with E-state index < -0.39 is 5.60 Å². The molecule has 0 radical (unpaired) electrons. The highest BCUT2D eigenvalue weighted by Crippen LogP contribution is 2.28. The lowest BCUT2D eigenvalue weighted by Crippen LogP contribution is -2.45. The number of rotatable bonds is 8. The fourth-order valence-electron chi connectivity index (χ4n) is 2.62. The van der Waals surface area contributed by atoms with Gasteiger partial charge in [0.2, 0.25) is 0 Å². The van der Waals surface area contributed by atoms with Gasteiger partial charge in [0, 0.05) is 38.4 Å². The largest absolute Gasteiger partial charge is 0.444 e. The van der Waals surface area contributed by atoms with E-state index in [2.05, 4.69) is 20.6 Å². The van der Waals surface area contributed by atoms with E-state index in [1.807, 2.05) is 38.7 Å². The molecule has 0 aliphatic heterocycles. The van der Waals surface area contributed by atoms with Gasteiger partial charge in [-0.2, -0.15) is 0 Å². The number of hydrogen-bond acceptors (Lipinski definition) is 4. The Hall–Kier alpha value is -1.29. The van der Waals surface area contributed by atoms with Crippen LogP contribution in [0.1, 0.15) is 46.1 Å². The van der Waals surface area contributed by atoms with Crippen LogP contribution in [0.3, 0.4) is 0 Å². The third-order valence-electron chi connectivity index (χ3n) is 4.06. The summed E-state index contributed by atoms with van der Waals surface area (Å²) in [7, 11) is 0. The Kier molecular flexibility index (Phi) is 11.0. The van der Waals surface area contributed by atoms with E-state index in [1.165, 1.54) is 0 Å². The quantitative estimate of drug-likeness (QED) is 0.228. The normalized spacial score (nSPS) is 14.0. The number of nitrogens with zero attached hydrogens (tertiary/aromatic N) is 3. The first-order valence-electron chi connectivity index (χ1n) is 9.90. The average molecular weight is 538 g/mol. The molecule has 1 amide bonds. The van der Waals surface area contributed by atoms with Crippen LogP contribution >= 0.6 is 35.6 Å². The van der Waals surface area contributed by atoms with Gasteiger partial charge in [0.1, 0.15) is 10.8 Å². The predicted octanol–water partition coefficient (Wildman–Crippen LogP) is 3.85. The zero-order chi connectivity index (χ0) is 20.6. The summed E-state index contributed by atoms with van der Waals surface area (Å²) in [6.45, 7) is 10.3. The summed E-state index contributed by atoms with van der Waals surface area (Å²) < 4.78 is 5.53. The van der Waals surface area contributed by atoms with Crippen molar-refractivity contribution in [3.05, 3.63) is 29.0 Å². The third-order valence-corrected chi connectivity index (χ3v) is 4.29. The zero-order valence-electron chi connectivity index (χ0n) is 17.7. The Bertz CT molecular complexity index is 660. The van der Waals surface area contributed by atoms with Gasteiger partial charge >= 0.3 is 6.09 Å². The van der Waals surface area contributed by atoms with Gasteiger partial charge in [-0.15, -0.1) is 24.0 Å². The maximum Gasteiger partial charge on any atom is 0.410 e. The van der Waals surface area contributed by atoms with Gasteiger partial charge in [0.15, 0.2) is 5.96 Å². The monoisotopic (exact) mass is 537 g/mol. The third kappa shape index (κ3) is 10.3. The van der Waals surface area contributed by atoms with Crippen molar-refractivity contribution in [3.63, 3.8) is 0 Å². The molecule has 29 heavy (non-hydrogen) atoms. The van der Waals surface area contributed by atoms with E-state index in [4.69, 9.17) is 16.3 Å². The maximum absolute atomic E-state index is 12.4. The molecule has 1 fully saturated rings. The molecule has 164 valence electrons. The summed E-state index contributed by atoms with van der Waals surface area (Å²) in [6, 6.07) is 4.04. The predicted molar refractivity (Wildman–Crippen MR) is 128 cm³/mol. The summed E-state index contributed by atoms with van der Waals surface area (Å²) in [5.74, 6) is 0.740. The number of pyridine rings is 1.